The van der Waals surface area contributed by atoms with Crippen molar-refractivity contribution in [2.45, 2.75) is 19.4 Å². The van der Waals surface area contributed by atoms with Crippen molar-refractivity contribution in [3.8, 4) is 0 Å². The molecule has 2 rings (SSSR count). The minimum absolute atomic E-state index is 0.0517. The molecule has 0 bridgehead atoms. The molecule has 7 heteroatoms. The molecule has 1 aliphatic carbocycles. The van der Waals surface area contributed by atoms with Gasteiger partial charge in [0.05, 0.1) is 0 Å². The molecule has 0 aromatic heterocycles. The van der Waals surface area contributed by atoms with Crippen LogP contribution in [0.25, 0.3) is 5.57 Å². The summed E-state index contributed by atoms with van der Waals surface area (Å²) in [6.45, 7) is 0. The molecule has 0 radical (unpaired) electrons. The number of halogens is 7. The standard InChI is InChI=1S/C12H7Cl7/c13-8-6-10(14,15)12(18,19)11(16,17)9(8)7-4-2-1-3-5-7/h1-5H,6H2. The smallest absolute Gasteiger partial charge is 0.0977 e. The highest BCUT2D eigenvalue weighted by molar-refractivity contribution is 6.73. The van der Waals surface area contributed by atoms with E-state index in [9.17, 15) is 0 Å². The van der Waals surface area contributed by atoms with E-state index < -0.39 is 13.0 Å². The first-order valence-corrected chi connectivity index (χ1v) is 7.84. The summed E-state index contributed by atoms with van der Waals surface area (Å²) in [4.78, 5) is 0. The third-order valence-corrected chi connectivity index (χ3v) is 6.97. The molecule has 0 aliphatic heterocycles. The van der Waals surface area contributed by atoms with Crippen LogP contribution in [0.1, 0.15) is 12.0 Å². The van der Waals surface area contributed by atoms with Crippen molar-refractivity contribution in [1.82, 2.24) is 0 Å². The second kappa shape index (κ2) is 5.32. The third kappa shape index (κ3) is 2.59. The van der Waals surface area contributed by atoms with Gasteiger partial charge in [-0.3, -0.25) is 0 Å². The molecule has 0 nitrogen and oxygen atoms in total. The largest absolute Gasteiger partial charge is 0.188 e. The fourth-order valence-corrected chi connectivity index (χ4v) is 4.41. The maximum absolute atomic E-state index is 6.33. The van der Waals surface area contributed by atoms with E-state index in [0.29, 0.717) is 16.2 Å². The lowest BCUT2D eigenvalue weighted by Gasteiger charge is -2.46. The zero-order valence-corrected chi connectivity index (χ0v) is 14.5. The van der Waals surface area contributed by atoms with Crippen LogP contribution in [0.4, 0.5) is 0 Å². The normalized spacial score (nSPS) is 24.4. The molecule has 0 amide bonds. The van der Waals surface area contributed by atoms with Gasteiger partial charge in [-0.05, 0) is 5.56 Å². The van der Waals surface area contributed by atoms with Gasteiger partial charge in [0, 0.05) is 17.0 Å². The molecule has 1 aromatic rings. The Labute approximate surface area is 146 Å². The molecule has 19 heavy (non-hydrogen) atoms. The zero-order valence-electron chi connectivity index (χ0n) is 9.24. The summed E-state index contributed by atoms with van der Waals surface area (Å²) in [5.74, 6) is 0. The fourth-order valence-electron chi connectivity index (χ4n) is 1.89. The third-order valence-electron chi connectivity index (χ3n) is 2.88. The number of allylic oxidation sites excluding steroid dienone is 2. The Morgan fingerprint density at radius 2 is 1.37 bits per heavy atom. The second-order valence-electron chi connectivity index (χ2n) is 4.18. The van der Waals surface area contributed by atoms with Crippen LogP contribution in [0.3, 0.4) is 0 Å². The number of rotatable bonds is 1. The molecule has 0 saturated carbocycles. The lowest BCUT2D eigenvalue weighted by atomic mass is 9.91. The summed E-state index contributed by atoms with van der Waals surface area (Å²) in [7, 11) is 0. The minimum atomic E-state index is -1.81. The number of hydrogen-bond donors (Lipinski definition) is 0. The SMILES string of the molecule is ClC1=C(c2ccccc2)C(Cl)(Cl)C(Cl)(Cl)C(Cl)(Cl)C1. The monoisotopic (exact) mass is 396 g/mol. The summed E-state index contributed by atoms with van der Waals surface area (Å²) in [5.41, 5.74) is 1.13. The lowest BCUT2D eigenvalue weighted by Crippen LogP contribution is -2.53. The van der Waals surface area contributed by atoms with E-state index in [1.54, 1.807) is 12.1 Å². The summed E-state index contributed by atoms with van der Waals surface area (Å²) in [6, 6.07) is 9.10. The van der Waals surface area contributed by atoms with Crippen molar-refractivity contribution < 1.29 is 0 Å². The minimum Gasteiger partial charge on any atom is -0.0977 e. The second-order valence-corrected chi connectivity index (χ2v) is 8.77. The fraction of sp³-hybridized carbons (Fsp3) is 0.333. The summed E-state index contributed by atoms with van der Waals surface area (Å²) >= 11 is 43.5. The Morgan fingerprint density at radius 3 is 1.89 bits per heavy atom. The average molecular weight is 399 g/mol. The molecule has 1 aromatic carbocycles. The van der Waals surface area contributed by atoms with Gasteiger partial charge in [0.2, 0.25) is 0 Å². The highest BCUT2D eigenvalue weighted by Gasteiger charge is 2.65. The maximum atomic E-state index is 6.33. The molecule has 104 valence electrons. The first kappa shape index (κ1) is 16.4. The summed E-state index contributed by atoms with van der Waals surface area (Å²) in [5, 5.41) is 0.332. The van der Waals surface area contributed by atoms with Crippen molar-refractivity contribution in [3.63, 3.8) is 0 Å². The van der Waals surface area contributed by atoms with Crippen LogP contribution in [-0.2, 0) is 0 Å². The van der Waals surface area contributed by atoms with E-state index in [1.165, 1.54) is 0 Å². The highest BCUT2D eigenvalue weighted by Crippen LogP contribution is 2.65. The van der Waals surface area contributed by atoms with E-state index in [2.05, 4.69) is 0 Å². The van der Waals surface area contributed by atoms with Crippen molar-refractivity contribution in [3.05, 3.63) is 40.9 Å². The zero-order chi connectivity index (χ0) is 14.5. The van der Waals surface area contributed by atoms with E-state index >= 15 is 0 Å². The van der Waals surface area contributed by atoms with Crippen LogP contribution in [0.15, 0.2) is 35.4 Å². The molecule has 0 unspecified atom stereocenters. The van der Waals surface area contributed by atoms with E-state index in [-0.39, 0.29) is 6.42 Å². The first-order chi connectivity index (χ1) is 8.61. The molecule has 0 N–H and O–H groups in total. The van der Waals surface area contributed by atoms with Crippen LogP contribution in [0, 0.1) is 0 Å². The molecule has 0 fully saturated rings. The van der Waals surface area contributed by atoms with Crippen LogP contribution in [-0.4, -0.2) is 13.0 Å². The molecular weight excluding hydrogens is 392 g/mol. The van der Waals surface area contributed by atoms with Gasteiger partial charge in [-0.2, -0.15) is 0 Å². The predicted octanol–water partition coefficient (Wildman–Crippen LogP) is 6.56. The van der Waals surface area contributed by atoms with Gasteiger partial charge in [-0.25, -0.2) is 0 Å². The van der Waals surface area contributed by atoms with Gasteiger partial charge in [-0.15, -0.1) is 0 Å². The highest BCUT2D eigenvalue weighted by atomic mass is 35.5. The Hall–Kier alpha value is 0.990. The average Bonchev–Trinajstić information content (AvgIpc) is 2.27. The van der Waals surface area contributed by atoms with Crippen molar-refractivity contribution in [2.24, 2.45) is 0 Å². The molecule has 0 spiro atoms. The quantitative estimate of drug-likeness (QED) is 0.469. The van der Waals surface area contributed by atoms with Crippen molar-refractivity contribution in [2.75, 3.05) is 0 Å². The molecule has 0 heterocycles. The van der Waals surface area contributed by atoms with Crippen molar-refractivity contribution in [1.29, 1.82) is 0 Å². The van der Waals surface area contributed by atoms with Gasteiger partial charge in [0.15, 0.2) is 13.0 Å². The van der Waals surface area contributed by atoms with Crippen LogP contribution < -0.4 is 0 Å². The molecular formula is C12H7Cl7. The van der Waals surface area contributed by atoms with Gasteiger partial charge < -0.3 is 0 Å². The van der Waals surface area contributed by atoms with Gasteiger partial charge >= 0.3 is 0 Å². The number of alkyl halides is 6. The molecule has 0 saturated heterocycles. The molecule has 1 aliphatic rings. The summed E-state index contributed by atoms with van der Waals surface area (Å²) in [6.07, 6.45) is 0.0517. The Morgan fingerprint density at radius 1 is 0.842 bits per heavy atom. The Balaban J connectivity index is 2.67. The van der Waals surface area contributed by atoms with E-state index in [1.807, 2.05) is 18.2 Å². The predicted molar refractivity (Wildman–Crippen MR) is 87.1 cm³/mol. The summed E-state index contributed by atoms with van der Waals surface area (Å²) < 4.78 is -5.14. The van der Waals surface area contributed by atoms with Gasteiger partial charge in [0.1, 0.15) is 0 Å². The number of benzene rings is 1. The first-order valence-electron chi connectivity index (χ1n) is 5.19. The van der Waals surface area contributed by atoms with Crippen LogP contribution in [0.5, 0.6) is 0 Å². The van der Waals surface area contributed by atoms with Crippen molar-refractivity contribution >= 4 is 86.8 Å². The van der Waals surface area contributed by atoms with Crippen LogP contribution >= 0.6 is 81.2 Å². The topological polar surface area (TPSA) is 0 Å². The Bertz CT molecular complexity index is 516. The number of hydrogen-bond acceptors (Lipinski definition) is 0. The Kier molecular flexibility index (Phi) is 4.58. The van der Waals surface area contributed by atoms with Gasteiger partial charge in [0.25, 0.3) is 0 Å². The lowest BCUT2D eigenvalue weighted by molar-refractivity contribution is 0.618. The molecule has 0 atom stereocenters. The van der Waals surface area contributed by atoms with Gasteiger partial charge in [-0.1, -0.05) is 112 Å². The van der Waals surface area contributed by atoms with E-state index in [4.69, 9.17) is 81.2 Å². The van der Waals surface area contributed by atoms with E-state index in [0.717, 1.165) is 0 Å². The maximum Gasteiger partial charge on any atom is 0.188 e. The van der Waals surface area contributed by atoms with Crippen LogP contribution in [0.2, 0.25) is 0 Å².